The lowest BCUT2D eigenvalue weighted by Crippen LogP contribution is -2.41. The van der Waals surface area contributed by atoms with E-state index < -0.39 is 0 Å². The monoisotopic (exact) mass is 357 g/mol. The average Bonchev–Trinajstić information content (AvgIpc) is 3.26. The molecule has 140 valence electrons. The minimum absolute atomic E-state index is 0.0108. The van der Waals surface area contributed by atoms with Gasteiger partial charge in [-0.25, -0.2) is 0 Å². The second-order valence-electron chi connectivity index (χ2n) is 7.53. The van der Waals surface area contributed by atoms with Crippen molar-refractivity contribution in [2.24, 2.45) is 5.92 Å². The van der Waals surface area contributed by atoms with Crippen molar-refractivity contribution in [3.05, 3.63) is 24.3 Å². The van der Waals surface area contributed by atoms with Gasteiger partial charge in [-0.05, 0) is 38.3 Å². The zero-order valence-corrected chi connectivity index (χ0v) is 15.3. The Balaban J connectivity index is 1.37. The summed E-state index contributed by atoms with van der Waals surface area (Å²) >= 11 is 0. The molecule has 3 aliphatic rings. The summed E-state index contributed by atoms with van der Waals surface area (Å²) in [5, 5.41) is 3.18. The Morgan fingerprint density at radius 1 is 1.23 bits per heavy atom. The first kappa shape index (κ1) is 17.3. The Bertz CT molecular complexity index is 689. The van der Waals surface area contributed by atoms with Gasteiger partial charge in [-0.1, -0.05) is 12.1 Å². The van der Waals surface area contributed by atoms with Crippen LogP contribution in [0.4, 0.5) is 5.69 Å². The molecule has 0 aromatic heterocycles. The third-order valence-corrected chi connectivity index (χ3v) is 5.58. The molecule has 1 aliphatic carbocycles. The predicted molar refractivity (Wildman–Crippen MR) is 99.2 cm³/mol. The maximum Gasteiger partial charge on any atom is 0.227 e. The van der Waals surface area contributed by atoms with Crippen LogP contribution in [-0.4, -0.2) is 55.0 Å². The van der Waals surface area contributed by atoms with Crippen LogP contribution >= 0.6 is 0 Å². The smallest absolute Gasteiger partial charge is 0.227 e. The van der Waals surface area contributed by atoms with Gasteiger partial charge in [-0.3, -0.25) is 14.5 Å². The molecule has 1 aromatic carbocycles. The molecule has 1 aromatic rings. The van der Waals surface area contributed by atoms with E-state index in [2.05, 4.69) is 10.2 Å². The Morgan fingerprint density at radius 2 is 2.04 bits per heavy atom. The fourth-order valence-electron chi connectivity index (χ4n) is 4.07. The molecule has 6 nitrogen and oxygen atoms in total. The van der Waals surface area contributed by atoms with Gasteiger partial charge in [-0.2, -0.15) is 0 Å². The lowest BCUT2D eigenvalue weighted by atomic mass is 10.1. The number of nitrogens with zero attached hydrogens (tertiary/aromatic N) is 2. The van der Waals surface area contributed by atoms with Crippen molar-refractivity contribution in [2.75, 3.05) is 31.1 Å². The number of hydrogen-bond donors (Lipinski definition) is 1. The van der Waals surface area contributed by atoms with Crippen LogP contribution in [0.1, 0.15) is 32.6 Å². The largest absolute Gasteiger partial charge is 0.492 e. The third-order valence-electron chi connectivity index (χ3n) is 5.58. The van der Waals surface area contributed by atoms with Gasteiger partial charge in [0.05, 0.1) is 18.2 Å². The lowest BCUT2D eigenvalue weighted by molar-refractivity contribution is -0.126. The second kappa shape index (κ2) is 7.27. The van der Waals surface area contributed by atoms with E-state index in [0.717, 1.165) is 31.2 Å². The number of benzene rings is 1. The van der Waals surface area contributed by atoms with Crippen molar-refractivity contribution in [1.82, 2.24) is 10.2 Å². The van der Waals surface area contributed by atoms with Gasteiger partial charge in [-0.15, -0.1) is 0 Å². The second-order valence-corrected chi connectivity index (χ2v) is 7.53. The van der Waals surface area contributed by atoms with E-state index in [9.17, 15) is 9.59 Å². The van der Waals surface area contributed by atoms with Crippen LogP contribution in [0.25, 0.3) is 0 Å². The highest BCUT2D eigenvalue weighted by Gasteiger charge is 2.39. The molecule has 1 saturated carbocycles. The van der Waals surface area contributed by atoms with Crippen LogP contribution in [-0.2, 0) is 9.59 Å². The van der Waals surface area contributed by atoms with Gasteiger partial charge in [0.15, 0.2) is 0 Å². The maximum atomic E-state index is 12.7. The van der Waals surface area contributed by atoms with Crippen LogP contribution in [0, 0.1) is 5.92 Å². The first-order chi connectivity index (χ1) is 12.7. The molecule has 0 radical (unpaired) electrons. The zero-order chi connectivity index (χ0) is 18.1. The summed E-state index contributed by atoms with van der Waals surface area (Å²) in [6, 6.07) is 8.51. The molecule has 2 unspecified atom stereocenters. The van der Waals surface area contributed by atoms with Gasteiger partial charge in [0.2, 0.25) is 11.8 Å². The molecule has 2 heterocycles. The summed E-state index contributed by atoms with van der Waals surface area (Å²) in [5.41, 5.74) is 0.760. The number of nitrogens with one attached hydrogen (secondary N) is 1. The number of rotatable bonds is 6. The fourth-order valence-corrected chi connectivity index (χ4v) is 4.07. The zero-order valence-electron chi connectivity index (χ0n) is 15.3. The van der Waals surface area contributed by atoms with Crippen molar-refractivity contribution < 1.29 is 14.3 Å². The van der Waals surface area contributed by atoms with E-state index in [1.54, 1.807) is 4.90 Å². The van der Waals surface area contributed by atoms with Crippen LogP contribution in [0.3, 0.4) is 0 Å². The molecule has 4 rings (SSSR count). The molecule has 2 amide bonds. The molecule has 2 saturated heterocycles. The van der Waals surface area contributed by atoms with Gasteiger partial charge in [0, 0.05) is 38.1 Å². The van der Waals surface area contributed by atoms with Crippen molar-refractivity contribution in [2.45, 2.75) is 44.7 Å². The third kappa shape index (κ3) is 3.56. The normalized spacial score (nSPS) is 26.3. The number of carbonyl (C=O) groups excluding carboxylic acids is 2. The molecular weight excluding hydrogens is 330 g/mol. The first-order valence-corrected chi connectivity index (χ1v) is 9.72. The minimum atomic E-state index is -0.285. The molecular formula is C20H27N3O3. The van der Waals surface area contributed by atoms with Crippen LogP contribution in [0.5, 0.6) is 5.75 Å². The van der Waals surface area contributed by atoms with E-state index in [1.165, 1.54) is 12.8 Å². The molecule has 0 spiro atoms. The van der Waals surface area contributed by atoms with E-state index in [-0.39, 0.29) is 30.2 Å². The Kier molecular flexibility index (Phi) is 4.85. The number of para-hydroxylation sites is 2. The topological polar surface area (TPSA) is 61.9 Å². The SMILES string of the molecule is CCOc1ccccc1N1CC(C(=O)NC2CCN(C3CC3)C2)CC1=O. The molecule has 26 heavy (non-hydrogen) atoms. The van der Waals surface area contributed by atoms with Gasteiger partial charge in [0.1, 0.15) is 5.75 Å². The highest BCUT2D eigenvalue weighted by atomic mass is 16.5. The lowest BCUT2D eigenvalue weighted by Gasteiger charge is -2.21. The summed E-state index contributed by atoms with van der Waals surface area (Å²) in [4.78, 5) is 29.4. The van der Waals surface area contributed by atoms with Gasteiger partial charge in [0.25, 0.3) is 0 Å². The van der Waals surface area contributed by atoms with Gasteiger partial charge >= 0.3 is 0 Å². The maximum absolute atomic E-state index is 12.7. The highest BCUT2D eigenvalue weighted by molar-refractivity contribution is 6.01. The van der Waals surface area contributed by atoms with E-state index in [0.29, 0.717) is 18.9 Å². The summed E-state index contributed by atoms with van der Waals surface area (Å²) in [6.07, 6.45) is 3.88. The van der Waals surface area contributed by atoms with E-state index in [1.807, 2.05) is 31.2 Å². The predicted octanol–water partition coefficient (Wildman–Crippen LogP) is 1.79. The quantitative estimate of drug-likeness (QED) is 0.843. The molecule has 6 heteroatoms. The number of likely N-dealkylation sites (tertiary alicyclic amines) is 1. The number of amides is 2. The minimum Gasteiger partial charge on any atom is -0.492 e. The molecule has 2 atom stereocenters. The van der Waals surface area contributed by atoms with E-state index >= 15 is 0 Å². The number of ether oxygens (including phenoxy) is 1. The first-order valence-electron chi connectivity index (χ1n) is 9.72. The number of carbonyl (C=O) groups is 2. The van der Waals surface area contributed by atoms with Crippen LogP contribution < -0.4 is 15.0 Å². The van der Waals surface area contributed by atoms with Crippen molar-refractivity contribution in [3.8, 4) is 5.75 Å². The molecule has 1 N–H and O–H groups in total. The fraction of sp³-hybridized carbons (Fsp3) is 0.600. The van der Waals surface area contributed by atoms with Gasteiger partial charge < -0.3 is 15.0 Å². The Morgan fingerprint density at radius 3 is 2.81 bits per heavy atom. The highest BCUT2D eigenvalue weighted by Crippen LogP contribution is 2.33. The van der Waals surface area contributed by atoms with Crippen LogP contribution in [0.2, 0.25) is 0 Å². The summed E-state index contributed by atoms with van der Waals surface area (Å²) in [7, 11) is 0. The molecule has 3 fully saturated rings. The summed E-state index contributed by atoms with van der Waals surface area (Å²) in [5.74, 6) is 0.410. The van der Waals surface area contributed by atoms with Crippen molar-refractivity contribution >= 4 is 17.5 Å². The summed E-state index contributed by atoms with van der Waals surface area (Å²) in [6.45, 7) is 4.92. The average molecular weight is 357 g/mol. The van der Waals surface area contributed by atoms with Crippen LogP contribution in [0.15, 0.2) is 24.3 Å². The van der Waals surface area contributed by atoms with Crippen molar-refractivity contribution in [1.29, 1.82) is 0 Å². The van der Waals surface area contributed by atoms with Crippen molar-refractivity contribution in [3.63, 3.8) is 0 Å². The Hall–Kier alpha value is -2.08. The molecule has 0 bridgehead atoms. The standard InChI is InChI=1S/C20H27N3O3/c1-2-26-18-6-4-3-5-17(18)23-12-14(11-19(23)24)20(25)21-15-9-10-22(13-15)16-7-8-16/h3-6,14-16H,2,7-13H2,1H3,(H,21,25). The van der Waals surface area contributed by atoms with E-state index in [4.69, 9.17) is 4.74 Å². The summed E-state index contributed by atoms with van der Waals surface area (Å²) < 4.78 is 5.64. The number of anilines is 1. The molecule has 2 aliphatic heterocycles. The number of hydrogen-bond acceptors (Lipinski definition) is 4. The Labute approximate surface area is 154 Å².